The maximum atomic E-state index is 14.2. The average molecular weight is 834 g/mol. The van der Waals surface area contributed by atoms with Crippen molar-refractivity contribution in [1.82, 2.24) is 4.57 Å². The molecular formula is C32H26Br2N4O11S. The number of carbonyl (C=O) groups is 1. The van der Waals surface area contributed by atoms with E-state index >= 15 is 0 Å². The van der Waals surface area contributed by atoms with E-state index in [-0.39, 0.29) is 34.0 Å². The van der Waals surface area contributed by atoms with E-state index in [0.717, 1.165) is 29.5 Å². The van der Waals surface area contributed by atoms with Crippen LogP contribution in [0.15, 0.2) is 72.5 Å². The molecule has 260 valence electrons. The smallest absolute Gasteiger partial charge is 0.338 e. The van der Waals surface area contributed by atoms with Gasteiger partial charge in [0.25, 0.3) is 11.2 Å². The highest BCUT2D eigenvalue weighted by atomic mass is 79.9. The topological polar surface area (TPSA) is 184 Å². The van der Waals surface area contributed by atoms with Gasteiger partial charge in [-0.05, 0) is 77.3 Å². The van der Waals surface area contributed by atoms with Gasteiger partial charge in [0.05, 0.1) is 70.2 Å². The first-order chi connectivity index (χ1) is 23.8. The standard InChI is InChI=1S/C32H26Br2N4O11S/c1-6-48-31(40)27-15(2)35-32-36(28(27)18-13-23(45-3)24(46-4)14-19(18)33)30(39)26(50-32)11-16-9-20(34)29(25(10-16)47-5)49-22-8-7-17(37(41)42)12-21(22)38(43)44/h7-14,28H,6H2,1-5H3/b26-11-/t28-/m0/s1. The molecule has 50 heavy (non-hydrogen) atoms. The Bertz CT molecular complexity index is 2280. The van der Waals surface area contributed by atoms with Gasteiger partial charge >= 0.3 is 11.7 Å². The normalized spacial score (nSPS) is 14.1. The summed E-state index contributed by atoms with van der Waals surface area (Å²) in [6.07, 6.45) is 1.60. The van der Waals surface area contributed by atoms with Gasteiger partial charge in [-0.25, -0.2) is 9.79 Å². The van der Waals surface area contributed by atoms with Crippen molar-refractivity contribution in [3.63, 3.8) is 0 Å². The predicted molar refractivity (Wildman–Crippen MR) is 188 cm³/mol. The second-order valence-corrected chi connectivity index (χ2v) is 13.1. The monoisotopic (exact) mass is 832 g/mol. The fraction of sp³-hybridized carbons (Fsp3) is 0.219. The molecule has 1 aromatic heterocycles. The molecular weight excluding hydrogens is 808 g/mol. The Morgan fingerprint density at radius 3 is 2.26 bits per heavy atom. The highest BCUT2D eigenvalue weighted by Gasteiger charge is 2.35. The molecule has 2 heterocycles. The van der Waals surface area contributed by atoms with Crippen LogP contribution in [0.3, 0.4) is 0 Å². The highest BCUT2D eigenvalue weighted by molar-refractivity contribution is 9.10. The summed E-state index contributed by atoms with van der Waals surface area (Å²) in [5, 5.41) is 22.8. The molecule has 0 amide bonds. The van der Waals surface area contributed by atoms with Crippen LogP contribution in [-0.4, -0.2) is 48.3 Å². The Labute approximate surface area is 303 Å². The van der Waals surface area contributed by atoms with Crippen molar-refractivity contribution in [2.24, 2.45) is 4.99 Å². The number of nitro groups is 2. The van der Waals surface area contributed by atoms with Crippen molar-refractivity contribution in [2.45, 2.75) is 19.9 Å². The summed E-state index contributed by atoms with van der Waals surface area (Å²) < 4.78 is 30.2. The number of halogens is 2. The minimum Gasteiger partial charge on any atom is -0.493 e. The number of hydrogen-bond donors (Lipinski definition) is 0. The summed E-state index contributed by atoms with van der Waals surface area (Å²) in [7, 11) is 4.33. The van der Waals surface area contributed by atoms with Crippen molar-refractivity contribution < 1.29 is 38.3 Å². The fourth-order valence-electron chi connectivity index (χ4n) is 5.20. The molecule has 0 saturated heterocycles. The van der Waals surface area contributed by atoms with Gasteiger partial charge in [-0.2, -0.15) is 0 Å². The number of methoxy groups -OCH3 is 3. The van der Waals surface area contributed by atoms with Crippen LogP contribution in [0.4, 0.5) is 11.4 Å². The lowest BCUT2D eigenvalue weighted by Gasteiger charge is -2.26. The van der Waals surface area contributed by atoms with Crippen LogP contribution in [-0.2, 0) is 9.53 Å². The molecule has 0 fully saturated rings. The number of fused-ring (bicyclic) bond motifs is 1. The van der Waals surface area contributed by atoms with E-state index in [9.17, 15) is 29.8 Å². The van der Waals surface area contributed by atoms with Gasteiger partial charge in [-0.15, -0.1) is 0 Å². The molecule has 1 atom stereocenters. The predicted octanol–water partition coefficient (Wildman–Crippen LogP) is 5.96. The molecule has 0 saturated carbocycles. The van der Waals surface area contributed by atoms with E-state index in [1.807, 2.05) is 0 Å². The quantitative estimate of drug-likeness (QED) is 0.0988. The van der Waals surface area contributed by atoms with Crippen LogP contribution in [0.25, 0.3) is 6.08 Å². The van der Waals surface area contributed by atoms with Crippen molar-refractivity contribution in [1.29, 1.82) is 0 Å². The molecule has 1 aliphatic rings. The zero-order chi connectivity index (χ0) is 36.4. The van der Waals surface area contributed by atoms with Crippen molar-refractivity contribution >= 4 is 66.6 Å². The molecule has 1 aliphatic heterocycles. The van der Waals surface area contributed by atoms with Gasteiger partial charge in [0.2, 0.25) is 5.75 Å². The number of thiazole rings is 1. The maximum absolute atomic E-state index is 14.2. The molecule has 0 N–H and O–H groups in total. The van der Waals surface area contributed by atoms with E-state index in [4.69, 9.17) is 23.7 Å². The Morgan fingerprint density at radius 1 is 0.960 bits per heavy atom. The summed E-state index contributed by atoms with van der Waals surface area (Å²) in [6, 6.07) is 8.57. The number of esters is 1. The van der Waals surface area contributed by atoms with Crippen molar-refractivity contribution in [3.8, 4) is 28.7 Å². The number of aromatic nitrogens is 1. The lowest BCUT2D eigenvalue weighted by atomic mass is 9.95. The Hall–Kier alpha value is -5.07. The lowest BCUT2D eigenvalue weighted by molar-refractivity contribution is -0.394. The van der Waals surface area contributed by atoms with E-state index in [2.05, 4.69) is 36.9 Å². The van der Waals surface area contributed by atoms with Crippen LogP contribution in [0.2, 0.25) is 0 Å². The number of non-ortho nitro benzene ring substituents is 1. The molecule has 5 rings (SSSR count). The van der Waals surface area contributed by atoms with Gasteiger partial charge in [-0.1, -0.05) is 27.3 Å². The third kappa shape index (κ3) is 6.86. The van der Waals surface area contributed by atoms with Gasteiger partial charge < -0.3 is 23.7 Å². The number of ether oxygens (including phenoxy) is 5. The molecule has 0 aliphatic carbocycles. The molecule has 15 nitrogen and oxygen atoms in total. The number of rotatable bonds is 11. The number of benzene rings is 3. The fourth-order valence-corrected chi connectivity index (χ4v) is 7.32. The Morgan fingerprint density at radius 2 is 1.64 bits per heavy atom. The largest absolute Gasteiger partial charge is 0.493 e. The van der Waals surface area contributed by atoms with Gasteiger partial charge in [0.15, 0.2) is 27.8 Å². The third-order valence-electron chi connectivity index (χ3n) is 7.43. The van der Waals surface area contributed by atoms with Gasteiger partial charge in [-0.3, -0.25) is 29.6 Å². The van der Waals surface area contributed by atoms with Gasteiger partial charge in [0, 0.05) is 10.5 Å². The number of carbonyl (C=O) groups excluding carboxylic acids is 1. The Balaban J connectivity index is 1.65. The van der Waals surface area contributed by atoms with E-state index in [1.54, 1.807) is 44.2 Å². The molecule has 0 bridgehead atoms. The first-order valence-electron chi connectivity index (χ1n) is 14.4. The summed E-state index contributed by atoms with van der Waals surface area (Å²) in [5.74, 6) is 0.115. The molecule has 0 unspecified atom stereocenters. The second kappa shape index (κ2) is 14.8. The zero-order valence-corrected chi connectivity index (χ0v) is 30.8. The van der Waals surface area contributed by atoms with E-state index in [0.29, 0.717) is 42.1 Å². The number of nitrogens with zero attached hydrogens (tertiary/aromatic N) is 4. The minimum absolute atomic E-state index is 0.0519. The van der Waals surface area contributed by atoms with Crippen LogP contribution < -0.4 is 33.8 Å². The molecule has 0 spiro atoms. The van der Waals surface area contributed by atoms with Crippen LogP contribution in [0, 0.1) is 20.2 Å². The van der Waals surface area contributed by atoms with Crippen molar-refractivity contribution in [2.75, 3.05) is 27.9 Å². The SMILES string of the molecule is CCOC(=O)C1=C(C)N=c2s/c(=C\c3cc(Br)c(Oc4ccc([N+](=O)[O-])cc4[N+](=O)[O-])c(OC)c3)c(=O)n2[C@H]1c1cc(OC)c(OC)cc1Br. The Kier molecular flexibility index (Phi) is 10.7. The maximum Gasteiger partial charge on any atom is 0.338 e. The van der Waals surface area contributed by atoms with E-state index in [1.165, 1.54) is 25.9 Å². The summed E-state index contributed by atoms with van der Waals surface area (Å²) in [6.45, 7) is 3.45. The van der Waals surface area contributed by atoms with Crippen LogP contribution in [0.5, 0.6) is 28.7 Å². The first-order valence-corrected chi connectivity index (χ1v) is 16.8. The second-order valence-electron chi connectivity index (χ2n) is 10.3. The van der Waals surface area contributed by atoms with E-state index < -0.39 is 38.8 Å². The molecule has 0 radical (unpaired) electrons. The lowest BCUT2D eigenvalue weighted by Crippen LogP contribution is -2.40. The molecule has 4 aromatic rings. The molecule has 18 heteroatoms. The van der Waals surface area contributed by atoms with Crippen LogP contribution >= 0.6 is 43.2 Å². The summed E-state index contributed by atoms with van der Waals surface area (Å²) in [5.41, 5.74) is 0.00289. The van der Waals surface area contributed by atoms with Crippen molar-refractivity contribution in [3.05, 3.63) is 114 Å². The summed E-state index contributed by atoms with van der Waals surface area (Å²) >= 11 is 8.09. The zero-order valence-electron chi connectivity index (χ0n) is 26.8. The number of nitro benzene ring substituents is 2. The summed E-state index contributed by atoms with van der Waals surface area (Å²) in [4.78, 5) is 53.8. The number of allylic oxidation sites excluding steroid dienone is 1. The minimum atomic E-state index is -0.948. The third-order valence-corrected chi connectivity index (χ3v) is 9.68. The highest BCUT2D eigenvalue weighted by Crippen LogP contribution is 2.44. The average Bonchev–Trinajstić information content (AvgIpc) is 3.38. The first kappa shape index (κ1) is 36.2. The number of hydrogen-bond acceptors (Lipinski definition) is 13. The van der Waals surface area contributed by atoms with Crippen LogP contribution in [0.1, 0.15) is 31.0 Å². The van der Waals surface area contributed by atoms with Gasteiger partial charge in [0.1, 0.15) is 0 Å². The molecule has 3 aromatic carbocycles.